The van der Waals surface area contributed by atoms with Crippen molar-refractivity contribution in [2.24, 2.45) is 0 Å². The fourth-order valence-electron chi connectivity index (χ4n) is 2.13. The lowest BCUT2D eigenvalue weighted by Gasteiger charge is -2.34. The van der Waals surface area contributed by atoms with Gasteiger partial charge in [0.25, 0.3) is 0 Å². The van der Waals surface area contributed by atoms with Crippen LogP contribution in [0.15, 0.2) is 29.8 Å². The number of piperazine rings is 1. The molecule has 1 aromatic carbocycles. The average Bonchev–Trinajstić information content (AvgIpc) is 2.46. The van der Waals surface area contributed by atoms with Crippen molar-refractivity contribution in [3.63, 3.8) is 0 Å². The summed E-state index contributed by atoms with van der Waals surface area (Å²) >= 11 is 0. The summed E-state index contributed by atoms with van der Waals surface area (Å²) in [6.45, 7) is 4.13. The fraction of sp³-hybridized carbons (Fsp3) is 0.333. The standard InChI is InChI=1S/C15H16N4/c1-18-5-7-19(8-6-18)15-4-2-3-13(10-15)9-14(11-16)12-17/h2-4,9-10H,5-8H2,1H3. The predicted molar refractivity (Wildman–Crippen MR) is 75.4 cm³/mol. The average molecular weight is 252 g/mol. The van der Waals surface area contributed by atoms with Crippen LogP contribution < -0.4 is 4.90 Å². The van der Waals surface area contributed by atoms with Crippen molar-refractivity contribution in [3.8, 4) is 12.1 Å². The quantitative estimate of drug-likeness (QED) is 0.754. The van der Waals surface area contributed by atoms with E-state index in [1.165, 1.54) is 0 Å². The molecule has 4 heteroatoms. The van der Waals surface area contributed by atoms with Crippen LogP contribution in [0.25, 0.3) is 6.08 Å². The van der Waals surface area contributed by atoms with E-state index < -0.39 is 0 Å². The Balaban J connectivity index is 2.19. The minimum Gasteiger partial charge on any atom is -0.369 e. The highest BCUT2D eigenvalue weighted by Crippen LogP contribution is 2.19. The Hall–Kier alpha value is -2.30. The highest BCUT2D eigenvalue weighted by molar-refractivity contribution is 5.65. The Morgan fingerprint density at radius 2 is 1.84 bits per heavy atom. The first-order valence-electron chi connectivity index (χ1n) is 6.28. The minimum absolute atomic E-state index is 0.135. The molecule has 96 valence electrons. The largest absolute Gasteiger partial charge is 0.369 e. The van der Waals surface area contributed by atoms with Crippen molar-refractivity contribution in [3.05, 3.63) is 35.4 Å². The number of allylic oxidation sites excluding steroid dienone is 1. The molecule has 0 aliphatic carbocycles. The molecule has 2 rings (SSSR count). The molecule has 1 aromatic rings. The van der Waals surface area contributed by atoms with Gasteiger partial charge in [0, 0.05) is 31.9 Å². The van der Waals surface area contributed by atoms with Gasteiger partial charge in [0.15, 0.2) is 0 Å². The van der Waals surface area contributed by atoms with Gasteiger partial charge in [-0.3, -0.25) is 0 Å². The molecule has 0 unspecified atom stereocenters. The molecule has 0 radical (unpaired) electrons. The Bertz CT molecular complexity index is 538. The van der Waals surface area contributed by atoms with Crippen molar-refractivity contribution >= 4 is 11.8 Å². The number of likely N-dealkylation sites (N-methyl/N-ethyl adjacent to an activating group) is 1. The zero-order valence-corrected chi connectivity index (χ0v) is 11.0. The maximum atomic E-state index is 8.78. The van der Waals surface area contributed by atoms with Crippen LogP contribution in [0.4, 0.5) is 5.69 Å². The molecule has 0 N–H and O–H groups in total. The van der Waals surface area contributed by atoms with Gasteiger partial charge in [-0.05, 0) is 30.8 Å². The van der Waals surface area contributed by atoms with E-state index in [0.29, 0.717) is 0 Å². The summed E-state index contributed by atoms with van der Waals surface area (Å²) in [4.78, 5) is 4.64. The molecule has 0 spiro atoms. The van der Waals surface area contributed by atoms with Gasteiger partial charge in [-0.15, -0.1) is 0 Å². The van der Waals surface area contributed by atoms with Crippen LogP contribution in [0.3, 0.4) is 0 Å². The maximum absolute atomic E-state index is 8.78. The molecule has 1 heterocycles. The molecule has 0 bridgehead atoms. The lowest BCUT2D eigenvalue weighted by molar-refractivity contribution is 0.313. The molecular formula is C15H16N4. The highest BCUT2D eigenvalue weighted by atomic mass is 15.2. The minimum atomic E-state index is 0.135. The molecule has 1 aliphatic heterocycles. The number of benzene rings is 1. The van der Waals surface area contributed by atoms with Crippen LogP contribution in [0.1, 0.15) is 5.56 Å². The first kappa shape index (κ1) is 13.1. The molecule has 4 nitrogen and oxygen atoms in total. The number of hydrogen-bond donors (Lipinski definition) is 0. The fourth-order valence-corrected chi connectivity index (χ4v) is 2.13. The summed E-state index contributed by atoms with van der Waals surface area (Å²) in [5.74, 6) is 0. The molecule has 0 saturated carbocycles. The number of rotatable bonds is 2. The Morgan fingerprint density at radius 3 is 2.47 bits per heavy atom. The third-order valence-electron chi connectivity index (χ3n) is 3.29. The summed E-state index contributed by atoms with van der Waals surface area (Å²) in [6, 6.07) is 11.7. The Kier molecular flexibility index (Phi) is 4.18. The van der Waals surface area contributed by atoms with E-state index in [2.05, 4.69) is 22.9 Å². The van der Waals surface area contributed by atoms with Gasteiger partial charge in [0.05, 0.1) is 0 Å². The third-order valence-corrected chi connectivity index (χ3v) is 3.29. The van der Waals surface area contributed by atoms with E-state index in [-0.39, 0.29) is 5.57 Å². The molecular weight excluding hydrogens is 236 g/mol. The molecule has 1 saturated heterocycles. The summed E-state index contributed by atoms with van der Waals surface area (Å²) < 4.78 is 0. The number of nitrogens with zero attached hydrogens (tertiary/aromatic N) is 4. The van der Waals surface area contributed by atoms with Crippen molar-refractivity contribution in [1.82, 2.24) is 4.90 Å². The molecule has 0 amide bonds. The lowest BCUT2D eigenvalue weighted by Crippen LogP contribution is -2.44. The van der Waals surface area contributed by atoms with Gasteiger partial charge in [-0.25, -0.2) is 0 Å². The van der Waals surface area contributed by atoms with Gasteiger partial charge < -0.3 is 9.80 Å². The van der Waals surface area contributed by atoms with Crippen LogP contribution in [0.5, 0.6) is 0 Å². The van der Waals surface area contributed by atoms with Gasteiger partial charge in [-0.2, -0.15) is 10.5 Å². The summed E-state index contributed by atoms with van der Waals surface area (Å²) in [5, 5.41) is 17.6. The van der Waals surface area contributed by atoms with Gasteiger partial charge in [0.2, 0.25) is 0 Å². The monoisotopic (exact) mass is 252 g/mol. The van der Waals surface area contributed by atoms with E-state index >= 15 is 0 Å². The van der Waals surface area contributed by atoms with E-state index in [1.54, 1.807) is 6.08 Å². The Labute approximate surface area is 113 Å². The van der Waals surface area contributed by atoms with Crippen LogP contribution in [-0.2, 0) is 0 Å². The maximum Gasteiger partial charge on any atom is 0.130 e. The molecule has 1 fully saturated rings. The molecule has 1 aliphatic rings. The van der Waals surface area contributed by atoms with Gasteiger partial charge in [0.1, 0.15) is 17.7 Å². The third kappa shape index (κ3) is 3.34. The normalized spacial score (nSPS) is 15.4. The number of nitriles is 2. The predicted octanol–water partition coefficient (Wildman–Crippen LogP) is 1.87. The van der Waals surface area contributed by atoms with Gasteiger partial charge >= 0.3 is 0 Å². The first-order chi connectivity index (χ1) is 9.22. The van der Waals surface area contributed by atoms with Crippen LogP contribution >= 0.6 is 0 Å². The van der Waals surface area contributed by atoms with E-state index in [9.17, 15) is 0 Å². The molecule has 0 atom stereocenters. The summed E-state index contributed by atoms with van der Waals surface area (Å²) in [6.07, 6.45) is 1.62. The van der Waals surface area contributed by atoms with Crippen LogP contribution in [0, 0.1) is 22.7 Å². The van der Waals surface area contributed by atoms with Crippen molar-refractivity contribution in [2.45, 2.75) is 0 Å². The lowest BCUT2D eigenvalue weighted by atomic mass is 10.1. The summed E-state index contributed by atoms with van der Waals surface area (Å²) in [7, 11) is 2.13. The van der Waals surface area contributed by atoms with Crippen molar-refractivity contribution < 1.29 is 0 Å². The second-order valence-corrected chi connectivity index (χ2v) is 4.67. The van der Waals surface area contributed by atoms with E-state index in [4.69, 9.17) is 10.5 Å². The van der Waals surface area contributed by atoms with Crippen LogP contribution in [-0.4, -0.2) is 38.1 Å². The second-order valence-electron chi connectivity index (χ2n) is 4.67. The van der Waals surface area contributed by atoms with Gasteiger partial charge in [-0.1, -0.05) is 12.1 Å². The first-order valence-corrected chi connectivity index (χ1v) is 6.28. The van der Waals surface area contributed by atoms with Crippen molar-refractivity contribution in [1.29, 1.82) is 10.5 Å². The van der Waals surface area contributed by atoms with Crippen molar-refractivity contribution in [2.75, 3.05) is 38.1 Å². The molecule has 19 heavy (non-hydrogen) atoms. The Morgan fingerprint density at radius 1 is 1.16 bits per heavy atom. The second kappa shape index (κ2) is 6.04. The molecule has 0 aromatic heterocycles. The van der Waals surface area contributed by atoms with E-state index in [1.807, 2.05) is 30.3 Å². The summed E-state index contributed by atoms with van der Waals surface area (Å²) in [5.41, 5.74) is 2.18. The topological polar surface area (TPSA) is 54.1 Å². The highest BCUT2D eigenvalue weighted by Gasteiger charge is 2.14. The number of anilines is 1. The zero-order chi connectivity index (χ0) is 13.7. The van der Waals surface area contributed by atoms with E-state index in [0.717, 1.165) is 37.4 Å². The smallest absolute Gasteiger partial charge is 0.130 e. The number of hydrogen-bond acceptors (Lipinski definition) is 4. The SMILES string of the molecule is CN1CCN(c2cccc(C=C(C#N)C#N)c2)CC1. The zero-order valence-electron chi connectivity index (χ0n) is 11.0. The van der Waals surface area contributed by atoms with Crippen LogP contribution in [0.2, 0.25) is 0 Å².